The van der Waals surface area contributed by atoms with Gasteiger partial charge < -0.3 is 14.6 Å². The lowest BCUT2D eigenvalue weighted by Gasteiger charge is -2.32. The van der Waals surface area contributed by atoms with Gasteiger partial charge in [-0.1, -0.05) is 6.08 Å². The first-order valence-corrected chi connectivity index (χ1v) is 9.91. The van der Waals surface area contributed by atoms with Crippen LogP contribution in [0.15, 0.2) is 17.1 Å². The number of likely N-dealkylation sites (N-methyl/N-ethyl adjacent to an activating group) is 1. The van der Waals surface area contributed by atoms with Crippen LogP contribution >= 0.6 is 0 Å². The molecule has 8 heteroatoms. The van der Waals surface area contributed by atoms with Crippen LogP contribution in [0.25, 0.3) is 0 Å². The molecule has 1 heterocycles. The maximum absolute atomic E-state index is 14.3. The number of rotatable bonds is 8. The molecule has 0 saturated carbocycles. The molecule has 7 nitrogen and oxygen atoms in total. The zero-order valence-electron chi connectivity index (χ0n) is 18.6. The van der Waals surface area contributed by atoms with E-state index in [4.69, 9.17) is 9.47 Å². The Hall–Kier alpha value is -1.96. The third-order valence-corrected chi connectivity index (χ3v) is 4.20. The molecule has 0 fully saturated rings. The molecule has 3 atom stereocenters. The Morgan fingerprint density at radius 1 is 1.34 bits per heavy atom. The van der Waals surface area contributed by atoms with E-state index in [2.05, 4.69) is 4.99 Å². The largest absolute Gasteiger partial charge is 0.458 e. The highest BCUT2D eigenvalue weighted by molar-refractivity contribution is 5.96. The van der Waals surface area contributed by atoms with Crippen molar-refractivity contribution in [3.8, 4) is 0 Å². The van der Waals surface area contributed by atoms with Crippen LogP contribution in [0.5, 0.6) is 0 Å². The minimum absolute atomic E-state index is 0.128. The highest BCUT2D eigenvalue weighted by Crippen LogP contribution is 2.23. The average Bonchev–Trinajstić information content (AvgIpc) is 2.56. The van der Waals surface area contributed by atoms with E-state index in [-0.39, 0.29) is 18.9 Å². The molecule has 0 spiro atoms. The molecule has 0 aromatic heterocycles. The van der Waals surface area contributed by atoms with Crippen molar-refractivity contribution in [2.24, 2.45) is 4.99 Å². The Bertz CT molecular complexity index is 634. The number of esters is 1. The molecular weight excluding hydrogens is 379 g/mol. The van der Waals surface area contributed by atoms with E-state index in [9.17, 15) is 19.1 Å². The van der Waals surface area contributed by atoms with Crippen molar-refractivity contribution in [3.05, 3.63) is 12.2 Å². The first kappa shape index (κ1) is 25.1. The molecular formula is C21H35FN2O5. The van der Waals surface area contributed by atoms with Crippen LogP contribution in [0, 0.1) is 0 Å². The maximum Gasteiger partial charge on any atom is 0.410 e. The molecule has 0 bridgehead atoms. The summed E-state index contributed by atoms with van der Waals surface area (Å²) in [5, 5.41) is 9.65. The summed E-state index contributed by atoms with van der Waals surface area (Å²) in [6.45, 7) is 9.31. The summed E-state index contributed by atoms with van der Waals surface area (Å²) in [6, 6.07) is -1.06. The second kappa shape index (κ2) is 10.2. The van der Waals surface area contributed by atoms with Gasteiger partial charge in [-0.25, -0.2) is 14.0 Å². The van der Waals surface area contributed by atoms with Crippen molar-refractivity contribution in [3.63, 3.8) is 0 Å². The summed E-state index contributed by atoms with van der Waals surface area (Å²) in [5.41, 5.74) is -1.76. The monoisotopic (exact) mass is 414 g/mol. The molecule has 1 unspecified atom stereocenters. The smallest absolute Gasteiger partial charge is 0.410 e. The minimum Gasteiger partial charge on any atom is -0.458 e. The van der Waals surface area contributed by atoms with Crippen molar-refractivity contribution in [2.45, 2.75) is 90.3 Å². The predicted molar refractivity (Wildman–Crippen MR) is 110 cm³/mol. The molecule has 0 saturated heterocycles. The van der Waals surface area contributed by atoms with Crippen LogP contribution in [0.2, 0.25) is 0 Å². The fraction of sp³-hybridized carbons (Fsp3) is 0.762. The zero-order chi connectivity index (χ0) is 22.4. The highest BCUT2D eigenvalue weighted by Gasteiger charge is 2.37. The summed E-state index contributed by atoms with van der Waals surface area (Å²) >= 11 is 0. The number of alkyl halides is 1. The molecule has 1 N–H and O–H groups in total. The predicted octanol–water partition coefficient (Wildman–Crippen LogP) is 3.44. The van der Waals surface area contributed by atoms with E-state index in [1.165, 1.54) is 20.9 Å². The molecule has 0 aliphatic carbocycles. The third-order valence-electron chi connectivity index (χ3n) is 4.20. The number of amides is 1. The van der Waals surface area contributed by atoms with Gasteiger partial charge in [0.25, 0.3) is 0 Å². The number of dihydropyridines is 1. The second-order valence-electron chi connectivity index (χ2n) is 9.08. The van der Waals surface area contributed by atoms with Crippen LogP contribution in [0.3, 0.4) is 0 Å². The lowest BCUT2D eigenvalue weighted by Crippen LogP contribution is -2.48. The lowest BCUT2D eigenvalue weighted by atomic mass is 10.00. The number of halogens is 1. The molecule has 1 rings (SSSR count). The first-order valence-electron chi connectivity index (χ1n) is 9.91. The Morgan fingerprint density at radius 3 is 2.45 bits per heavy atom. The van der Waals surface area contributed by atoms with E-state index in [0.29, 0.717) is 0 Å². The van der Waals surface area contributed by atoms with Gasteiger partial charge in [0.05, 0.1) is 12.6 Å². The van der Waals surface area contributed by atoms with Gasteiger partial charge in [-0.15, -0.1) is 0 Å². The molecule has 1 aliphatic rings. The Labute approximate surface area is 173 Å². The molecule has 0 aromatic rings. The Balaban J connectivity index is 2.92. The number of allylic oxidation sites excluding steroid dienone is 1. The van der Waals surface area contributed by atoms with Gasteiger partial charge >= 0.3 is 12.1 Å². The summed E-state index contributed by atoms with van der Waals surface area (Å²) in [5.74, 6) is -0.795. The molecule has 29 heavy (non-hydrogen) atoms. The Kier molecular flexibility index (Phi) is 8.81. The van der Waals surface area contributed by atoms with Gasteiger partial charge in [0.15, 0.2) is 0 Å². The number of aliphatic hydroxyl groups excluding tert-OH is 1. The van der Waals surface area contributed by atoms with Crippen LogP contribution in [-0.2, 0) is 14.3 Å². The van der Waals surface area contributed by atoms with Crippen molar-refractivity contribution in [2.75, 3.05) is 13.7 Å². The first-order chi connectivity index (χ1) is 13.2. The number of hydrogen-bond acceptors (Lipinski definition) is 6. The number of hydrogen-bond donors (Lipinski definition) is 1. The zero-order valence-corrected chi connectivity index (χ0v) is 18.6. The van der Waals surface area contributed by atoms with E-state index < -0.39 is 42.1 Å². The van der Waals surface area contributed by atoms with Gasteiger partial charge in [-0.3, -0.25) is 9.89 Å². The van der Waals surface area contributed by atoms with Crippen LogP contribution in [0.1, 0.15) is 60.8 Å². The van der Waals surface area contributed by atoms with E-state index >= 15 is 0 Å². The summed E-state index contributed by atoms with van der Waals surface area (Å²) in [4.78, 5) is 30.7. The van der Waals surface area contributed by atoms with E-state index in [0.717, 1.165) is 17.0 Å². The quantitative estimate of drug-likeness (QED) is 0.615. The van der Waals surface area contributed by atoms with Gasteiger partial charge in [0.2, 0.25) is 0 Å². The number of carbonyl (C=O) groups excluding carboxylic acids is 2. The Morgan fingerprint density at radius 2 is 1.97 bits per heavy atom. The van der Waals surface area contributed by atoms with Gasteiger partial charge in [0.1, 0.15) is 23.4 Å². The summed E-state index contributed by atoms with van der Waals surface area (Å²) < 4.78 is 25.0. The van der Waals surface area contributed by atoms with Crippen molar-refractivity contribution in [1.82, 2.24) is 4.90 Å². The summed E-state index contributed by atoms with van der Waals surface area (Å²) in [6.07, 6.45) is 3.04. The number of aliphatic imine (C=N–C) groups is 1. The van der Waals surface area contributed by atoms with Gasteiger partial charge in [-0.05, 0) is 54.0 Å². The standard InChI is InChI=1S/C21H35FN2O5/c1-14-9-8-10-15(23-14)11-16(13-25)28-18(26)17(12-21(5,6)22)24(7)19(27)29-20(2,3)4/h8,10,14,16-17,25H,9,11-13H2,1-7H3/t14?,16-,17+/m1/s1. The van der Waals surface area contributed by atoms with Gasteiger partial charge in [0, 0.05) is 25.6 Å². The normalized spacial score (nSPS) is 19.2. The third kappa shape index (κ3) is 9.39. The van der Waals surface area contributed by atoms with Crippen molar-refractivity contribution < 1.29 is 28.6 Å². The molecule has 1 aliphatic heterocycles. The molecule has 0 aromatic carbocycles. The number of aliphatic hydroxyl groups is 1. The lowest BCUT2D eigenvalue weighted by molar-refractivity contribution is -0.157. The molecule has 166 valence electrons. The van der Waals surface area contributed by atoms with E-state index in [1.54, 1.807) is 20.8 Å². The minimum atomic E-state index is -1.72. The van der Waals surface area contributed by atoms with E-state index in [1.807, 2.05) is 19.1 Å². The maximum atomic E-state index is 14.3. The number of carbonyl (C=O) groups is 2. The topological polar surface area (TPSA) is 88.4 Å². The van der Waals surface area contributed by atoms with Gasteiger partial charge in [-0.2, -0.15) is 0 Å². The average molecular weight is 415 g/mol. The number of nitrogens with zero attached hydrogens (tertiary/aromatic N) is 2. The second-order valence-corrected chi connectivity index (χ2v) is 9.08. The van der Waals surface area contributed by atoms with Crippen LogP contribution in [0.4, 0.5) is 9.18 Å². The summed E-state index contributed by atoms with van der Waals surface area (Å²) in [7, 11) is 1.37. The van der Waals surface area contributed by atoms with Crippen molar-refractivity contribution >= 4 is 17.8 Å². The molecule has 1 amide bonds. The fourth-order valence-corrected chi connectivity index (χ4v) is 2.82. The van der Waals surface area contributed by atoms with Crippen LogP contribution < -0.4 is 0 Å². The SMILES string of the molecule is CC1CC=CC(C[C@H](CO)OC(=O)[C@H](CC(C)(C)F)N(C)C(=O)OC(C)(C)C)=N1. The van der Waals surface area contributed by atoms with Crippen molar-refractivity contribution in [1.29, 1.82) is 0 Å². The number of ether oxygens (including phenoxy) is 2. The van der Waals surface area contributed by atoms with Crippen LogP contribution in [-0.4, -0.2) is 70.9 Å². The highest BCUT2D eigenvalue weighted by atomic mass is 19.1. The fourth-order valence-electron chi connectivity index (χ4n) is 2.82. The molecule has 0 radical (unpaired) electrons.